The first-order valence-electron chi connectivity index (χ1n) is 8.13. The average Bonchev–Trinajstić information content (AvgIpc) is 2.59. The third-order valence-corrected chi connectivity index (χ3v) is 4.41. The lowest BCUT2D eigenvalue weighted by Gasteiger charge is -2.26. The summed E-state index contributed by atoms with van der Waals surface area (Å²) in [5.41, 5.74) is -0.881. The van der Waals surface area contributed by atoms with Gasteiger partial charge in [0.15, 0.2) is 0 Å². The molecule has 0 unspecified atom stereocenters. The van der Waals surface area contributed by atoms with Crippen LogP contribution in [0.3, 0.4) is 0 Å². The minimum absolute atomic E-state index is 0.0648. The van der Waals surface area contributed by atoms with Crippen LogP contribution in [0.25, 0.3) is 0 Å². The van der Waals surface area contributed by atoms with E-state index in [4.69, 9.17) is 0 Å². The number of nitro benzene ring substituents is 1. The Labute approximate surface area is 154 Å². The van der Waals surface area contributed by atoms with E-state index in [9.17, 15) is 28.1 Å². The van der Waals surface area contributed by atoms with Crippen LogP contribution in [0.2, 0.25) is 0 Å². The molecular formula is C19H19F3N2O3. The summed E-state index contributed by atoms with van der Waals surface area (Å²) in [6, 6.07) is 9.13. The van der Waals surface area contributed by atoms with Gasteiger partial charge in [-0.05, 0) is 24.6 Å². The lowest BCUT2D eigenvalue weighted by atomic mass is 9.83. The summed E-state index contributed by atoms with van der Waals surface area (Å²) in [6.07, 6.45) is -4.45. The molecule has 0 saturated heterocycles. The fraction of sp³-hybridized carbons (Fsp3) is 0.316. The molecule has 0 spiro atoms. The van der Waals surface area contributed by atoms with E-state index in [1.54, 1.807) is 19.9 Å². The van der Waals surface area contributed by atoms with Gasteiger partial charge in [0, 0.05) is 29.2 Å². The number of nitrogens with zero attached hydrogens (tertiary/aromatic N) is 1. The lowest BCUT2D eigenvalue weighted by molar-refractivity contribution is -0.385. The Morgan fingerprint density at radius 1 is 1.11 bits per heavy atom. The van der Waals surface area contributed by atoms with Crippen molar-refractivity contribution in [2.45, 2.75) is 32.4 Å². The number of nitrogens with one attached hydrogen (secondary N) is 1. The Balaban J connectivity index is 2.19. The predicted octanol–water partition coefficient (Wildman–Crippen LogP) is 4.63. The van der Waals surface area contributed by atoms with Crippen molar-refractivity contribution in [1.82, 2.24) is 5.32 Å². The molecule has 0 bridgehead atoms. The second kappa shape index (κ2) is 7.38. The summed E-state index contributed by atoms with van der Waals surface area (Å²) >= 11 is 0. The van der Waals surface area contributed by atoms with Gasteiger partial charge in [-0.3, -0.25) is 14.9 Å². The monoisotopic (exact) mass is 380 g/mol. The zero-order valence-corrected chi connectivity index (χ0v) is 15.1. The van der Waals surface area contributed by atoms with Gasteiger partial charge < -0.3 is 5.32 Å². The number of alkyl halides is 3. The molecule has 27 heavy (non-hydrogen) atoms. The van der Waals surface area contributed by atoms with E-state index < -0.39 is 28.0 Å². The van der Waals surface area contributed by atoms with Gasteiger partial charge in [0.25, 0.3) is 11.6 Å². The van der Waals surface area contributed by atoms with Crippen LogP contribution in [0.15, 0.2) is 42.5 Å². The highest BCUT2D eigenvalue weighted by Crippen LogP contribution is 2.32. The van der Waals surface area contributed by atoms with Gasteiger partial charge >= 0.3 is 6.18 Å². The Bertz CT molecular complexity index is 877. The molecule has 8 heteroatoms. The molecule has 0 aliphatic carbocycles. The molecular weight excluding hydrogens is 361 g/mol. The summed E-state index contributed by atoms with van der Waals surface area (Å²) < 4.78 is 38.7. The van der Waals surface area contributed by atoms with E-state index in [-0.39, 0.29) is 23.4 Å². The SMILES string of the molecule is Cc1c(C(=O)NCC(C)(C)c2cccc(C(F)(F)F)c2)cccc1[N+](=O)[O-]. The van der Waals surface area contributed by atoms with Crippen LogP contribution < -0.4 is 5.32 Å². The third kappa shape index (κ3) is 4.64. The number of nitro groups is 1. The number of halogens is 3. The van der Waals surface area contributed by atoms with E-state index in [0.717, 1.165) is 12.1 Å². The molecule has 2 aromatic rings. The van der Waals surface area contributed by atoms with Gasteiger partial charge in [-0.2, -0.15) is 13.2 Å². The third-order valence-electron chi connectivity index (χ3n) is 4.41. The molecule has 0 fully saturated rings. The summed E-state index contributed by atoms with van der Waals surface area (Å²) in [5.74, 6) is -0.517. The topological polar surface area (TPSA) is 72.2 Å². The van der Waals surface area contributed by atoms with Gasteiger partial charge in [-0.15, -0.1) is 0 Å². The van der Waals surface area contributed by atoms with Crippen molar-refractivity contribution in [2.75, 3.05) is 6.54 Å². The molecule has 0 saturated carbocycles. The molecule has 0 aliphatic heterocycles. The van der Waals surface area contributed by atoms with Crippen molar-refractivity contribution < 1.29 is 22.9 Å². The van der Waals surface area contributed by atoms with Gasteiger partial charge in [0.2, 0.25) is 0 Å². The summed E-state index contributed by atoms with van der Waals surface area (Å²) in [6.45, 7) is 4.96. The highest BCUT2D eigenvalue weighted by atomic mass is 19.4. The van der Waals surface area contributed by atoms with E-state index in [2.05, 4.69) is 5.32 Å². The van der Waals surface area contributed by atoms with E-state index in [1.165, 1.54) is 31.2 Å². The number of benzene rings is 2. The van der Waals surface area contributed by atoms with Crippen LogP contribution in [-0.4, -0.2) is 17.4 Å². The van der Waals surface area contributed by atoms with Gasteiger partial charge in [-0.1, -0.05) is 38.1 Å². The Morgan fingerprint density at radius 3 is 2.30 bits per heavy atom. The molecule has 5 nitrogen and oxygen atoms in total. The van der Waals surface area contributed by atoms with Crippen molar-refractivity contribution >= 4 is 11.6 Å². The van der Waals surface area contributed by atoms with E-state index in [0.29, 0.717) is 5.56 Å². The first kappa shape index (κ1) is 20.4. The number of hydrogen-bond acceptors (Lipinski definition) is 3. The van der Waals surface area contributed by atoms with Gasteiger partial charge in [-0.25, -0.2) is 0 Å². The second-order valence-electron chi connectivity index (χ2n) is 6.85. The molecule has 0 radical (unpaired) electrons. The van der Waals surface area contributed by atoms with Crippen molar-refractivity contribution in [2.24, 2.45) is 0 Å². The van der Waals surface area contributed by atoms with Crippen molar-refractivity contribution in [3.63, 3.8) is 0 Å². The maximum atomic E-state index is 12.9. The van der Waals surface area contributed by atoms with Crippen molar-refractivity contribution in [3.8, 4) is 0 Å². The highest BCUT2D eigenvalue weighted by molar-refractivity contribution is 5.96. The fourth-order valence-corrected chi connectivity index (χ4v) is 2.68. The quantitative estimate of drug-likeness (QED) is 0.607. The van der Waals surface area contributed by atoms with Crippen LogP contribution >= 0.6 is 0 Å². The number of rotatable bonds is 5. The first-order chi connectivity index (χ1) is 12.4. The van der Waals surface area contributed by atoms with Crippen LogP contribution in [0.4, 0.5) is 18.9 Å². The van der Waals surface area contributed by atoms with Crippen LogP contribution in [-0.2, 0) is 11.6 Å². The molecule has 2 rings (SSSR count). The number of carbonyl (C=O) groups is 1. The average molecular weight is 380 g/mol. The summed E-state index contributed by atoms with van der Waals surface area (Å²) in [5, 5.41) is 13.7. The molecule has 1 amide bonds. The lowest BCUT2D eigenvalue weighted by Crippen LogP contribution is -2.37. The van der Waals surface area contributed by atoms with Crippen LogP contribution in [0.5, 0.6) is 0 Å². The number of carbonyl (C=O) groups excluding carboxylic acids is 1. The summed E-state index contributed by atoms with van der Waals surface area (Å²) in [4.78, 5) is 22.9. The van der Waals surface area contributed by atoms with Gasteiger partial charge in [0.1, 0.15) is 0 Å². The van der Waals surface area contributed by atoms with Crippen molar-refractivity contribution in [3.05, 3.63) is 74.8 Å². The molecule has 1 N–H and O–H groups in total. The minimum atomic E-state index is -4.45. The maximum absolute atomic E-state index is 12.9. The predicted molar refractivity (Wildman–Crippen MR) is 94.6 cm³/mol. The van der Waals surface area contributed by atoms with E-state index >= 15 is 0 Å². The Hall–Kier alpha value is -2.90. The van der Waals surface area contributed by atoms with Crippen LogP contribution in [0.1, 0.15) is 40.9 Å². The standard InChI is InChI=1S/C19H19F3N2O3/c1-12-15(8-5-9-16(12)24(26)27)17(25)23-11-18(2,3)13-6-4-7-14(10-13)19(20,21)22/h4-10H,11H2,1-3H3,(H,23,25). The zero-order chi connectivity index (χ0) is 20.4. The maximum Gasteiger partial charge on any atom is 0.416 e. The van der Waals surface area contributed by atoms with Crippen molar-refractivity contribution in [1.29, 1.82) is 0 Å². The van der Waals surface area contributed by atoms with E-state index in [1.807, 2.05) is 0 Å². The van der Waals surface area contributed by atoms with Gasteiger partial charge in [0.05, 0.1) is 10.5 Å². The Morgan fingerprint density at radius 2 is 1.70 bits per heavy atom. The molecule has 0 atom stereocenters. The molecule has 0 aliphatic rings. The highest BCUT2D eigenvalue weighted by Gasteiger charge is 2.32. The molecule has 144 valence electrons. The Kier molecular flexibility index (Phi) is 5.58. The smallest absolute Gasteiger partial charge is 0.351 e. The fourth-order valence-electron chi connectivity index (χ4n) is 2.68. The number of amides is 1. The molecule has 0 heterocycles. The number of hydrogen-bond donors (Lipinski definition) is 1. The summed E-state index contributed by atoms with van der Waals surface area (Å²) in [7, 11) is 0. The zero-order valence-electron chi connectivity index (χ0n) is 15.1. The molecule has 0 aromatic heterocycles. The normalized spacial score (nSPS) is 11.9. The largest absolute Gasteiger partial charge is 0.416 e. The first-order valence-corrected chi connectivity index (χ1v) is 8.13. The molecule has 2 aromatic carbocycles. The minimum Gasteiger partial charge on any atom is -0.351 e. The second-order valence-corrected chi connectivity index (χ2v) is 6.85. The van der Waals surface area contributed by atoms with Crippen LogP contribution in [0, 0.1) is 17.0 Å².